The maximum atomic E-state index is 12.6. The van der Waals surface area contributed by atoms with Crippen LogP contribution in [-0.2, 0) is 14.8 Å². The first-order valence-electron chi connectivity index (χ1n) is 5.34. The van der Waals surface area contributed by atoms with Crippen molar-refractivity contribution >= 4 is 49.2 Å². The lowest BCUT2D eigenvalue weighted by atomic mass is 10.4. The van der Waals surface area contributed by atoms with Crippen LogP contribution in [0.1, 0.15) is 0 Å². The number of halogens is 3. The van der Waals surface area contributed by atoms with Gasteiger partial charge in [0, 0.05) is 11.0 Å². The molecule has 0 radical (unpaired) electrons. The quantitative estimate of drug-likeness (QED) is 0.840. The standard InChI is InChI=1S/C10H11BrCl2N2O3S/c11-6-3-7(12)10(8(13)4-6)19(16,17)15-1-2-18-5-9(15)14/h3-4,9H,1-2,5,14H2. The summed E-state index contributed by atoms with van der Waals surface area (Å²) >= 11 is 15.2. The van der Waals surface area contributed by atoms with Gasteiger partial charge in [0.2, 0.25) is 10.0 Å². The Hall–Kier alpha value is 0.110. The van der Waals surface area contributed by atoms with Crippen LogP contribution in [0.25, 0.3) is 0 Å². The van der Waals surface area contributed by atoms with Crippen molar-refractivity contribution in [1.29, 1.82) is 0 Å². The van der Waals surface area contributed by atoms with Gasteiger partial charge in [-0.25, -0.2) is 8.42 Å². The summed E-state index contributed by atoms with van der Waals surface area (Å²) in [6, 6.07) is 2.96. The Balaban J connectivity index is 2.50. The third kappa shape index (κ3) is 3.07. The summed E-state index contributed by atoms with van der Waals surface area (Å²) in [4.78, 5) is -0.128. The molecule has 19 heavy (non-hydrogen) atoms. The van der Waals surface area contributed by atoms with Crippen LogP contribution in [0.15, 0.2) is 21.5 Å². The minimum atomic E-state index is -3.85. The van der Waals surface area contributed by atoms with E-state index in [9.17, 15) is 8.42 Å². The zero-order valence-corrected chi connectivity index (χ0v) is 13.6. The highest BCUT2D eigenvalue weighted by molar-refractivity contribution is 9.10. The van der Waals surface area contributed by atoms with Gasteiger partial charge in [-0.15, -0.1) is 0 Å². The Labute approximate surface area is 129 Å². The summed E-state index contributed by atoms with van der Waals surface area (Å²) in [6.45, 7) is 0.607. The van der Waals surface area contributed by atoms with Gasteiger partial charge in [-0.1, -0.05) is 39.1 Å². The van der Waals surface area contributed by atoms with Crippen LogP contribution >= 0.6 is 39.1 Å². The molecule has 1 atom stereocenters. The topological polar surface area (TPSA) is 72.6 Å². The molecule has 1 aromatic rings. The molecule has 2 rings (SSSR count). The van der Waals surface area contributed by atoms with Gasteiger partial charge in [0.25, 0.3) is 0 Å². The van der Waals surface area contributed by atoms with Crippen molar-refractivity contribution in [2.45, 2.75) is 11.1 Å². The van der Waals surface area contributed by atoms with Gasteiger partial charge in [-0.05, 0) is 12.1 Å². The normalized spacial score (nSPS) is 21.6. The van der Waals surface area contributed by atoms with E-state index in [-0.39, 0.29) is 28.1 Å². The molecule has 0 amide bonds. The molecule has 1 saturated heterocycles. The van der Waals surface area contributed by atoms with Gasteiger partial charge in [0.05, 0.1) is 29.4 Å². The number of nitrogens with zero attached hydrogens (tertiary/aromatic N) is 1. The van der Waals surface area contributed by atoms with Gasteiger partial charge in [-0.3, -0.25) is 0 Å². The lowest BCUT2D eigenvalue weighted by molar-refractivity contribution is 0.0350. The van der Waals surface area contributed by atoms with E-state index < -0.39 is 16.2 Å². The lowest BCUT2D eigenvalue weighted by Crippen LogP contribution is -2.53. The maximum absolute atomic E-state index is 12.6. The van der Waals surface area contributed by atoms with Crippen molar-refractivity contribution in [1.82, 2.24) is 4.31 Å². The molecule has 1 aliphatic heterocycles. The van der Waals surface area contributed by atoms with Crippen molar-refractivity contribution in [3.05, 3.63) is 26.7 Å². The fourth-order valence-corrected chi connectivity index (χ4v) is 5.17. The highest BCUT2D eigenvalue weighted by Gasteiger charge is 2.35. The number of hydrogen-bond donors (Lipinski definition) is 1. The maximum Gasteiger partial charge on any atom is 0.247 e. The first kappa shape index (κ1) is 15.5. The van der Waals surface area contributed by atoms with E-state index in [4.69, 9.17) is 33.7 Å². The molecule has 1 aromatic carbocycles. The van der Waals surface area contributed by atoms with Crippen molar-refractivity contribution in [2.75, 3.05) is 19.8 Å². The Kier molecular flexibility index (Phi) is 4.77. The predicted molar refractivity (Wildman–Crippen MR) is 76.8 cm³/mol. The second-order valence-electron chi connectivity index (χ2n) is 3.96. The number of rotatable bonds is 2. The summed E-state index contributed by atoms with van der Waals surface area (Å²) < 4.78 is 32.0. The molecule has 5 nitrogen and oxygen atoms in total. The smallest absolute Gasteiger partial charge is 0.247 e. The highest BCUT2D eigenvalue weighted by Crippen LogP contribution is 2.35. The van der Waals surface area contributed by atoms with Gasteiger partial charge in [-0.2, -0.15) is 4.31 Å². The summed E-state index contributed by atoms with van der Waals surface area (Å²) in [5.41, 5.74) is 5.76. The van der Waals surface area contributed by atoms with E-state index in [1.165, 1.54) is 12.1 Å². The summed E-state index contributed by atoms with van der Waals surface area (Å²) in [7, 11) is -3.85. The SMILES string of the molecule is NC1COCCN1S(=O)(=O)c1c(Cl)cc(Br)cc1Cl. The molecule has 0 aliphatic carbocycles. The van der Waals surface area contributed by atoms with Crippen LogP contribution in [-0.4, -0.2) is 38.6 Å². The van der Waals surface area contributed by atoms with Gasteiger partial charge in [0.15, 0.2) is 0 Å². The third-order valence-electron chi connectivity index (χ3n) is 2.64. The van der Waals surface area contributed by atoms with Gasteiger partial charge in [0.1, 0.15) is 4.90 Å². The number of morpholine rings is 1. The molecule has 106 valence electrons. The Morgan fingerprint density at radius 2 is 1.95 bits per heavy atom. The Morgan fingerprint density at radius 1 is 1.37 bits per heavy atom. The van der Waals surface area contributed by atoms with Crippen LogP contribution in [0.2, 0.25) is 10.0 Å². The first-order valence-corrected chi connectivity index (χ1v) is 8.32. The zero-order valence-electron chi connectivity index (χ0n) is 9.64. The Morgan fingerprint density at radius 3 is 2.47 bits per heavy atom. The predicted octanol–water partition coefficient (Wildman–Crippen LogP) is 2.06. The van der Waals surface area contributed by atoms with Crippen LogP contribution in [0.3, 0.4) is 0 Å². The van der Waals surface area contributed by atoms with E-state index in [1.807, 2.05) is 0 Å². The van der Waals surface area contributed by atoms with Crippen molar-refractivity contribution in [3.8, 4) is 0 Å². The van der Waals surface area contributed by atoms with Gasteiger partial charge < -0.3 is 10.5 Å². The highest BCUT2D eigenvalue weighted by atomic mass is 79.9. The molecule has 1 heterocycles. The molecular formula is C10H11BrCl2N2O3S. The summed E-state index contributed by atoms with van der Waals surface area (Å²) in [5, 5.41) is 0.108. The van der Waals surface area contributed by atoms with Crippen LogP contribution in [0.4, 0.5) is 0 Å². The van der Waals surface area contributed by atoms with Crippen molar-refractivity contribution in [3.63, 3.8) is 0 Å². The molecule has 0 saturated carbocycles. The lowest BCUT2D eigenvalue weighted by Gasteiger charge is -2.32. The molecule has 1 fully saturated rings. The zero-order chi connectivity index (χ0) is 14.2. The second-order valence-corrected chi connectivity index (χ2v) is 7.51. The fourth-order valence-electron chi connectivity index (χ4n) is 1.80. The number of ether oxygens (including phenoxy) is 1. The van der Waals surface area contributed by atoms with Crippen molar-refractivity contribution < 1.29 is 13.2 Å². The minimum Gasteiger partial charge on any atom is -0.377 e. The van der Waals surface area contributed by atoms with E-state index in [1.54, 1.807) is 0 Å². The number of hydrogen-bond acceptors (Lipinski definition) is 4. The van der Waals surface area contributed by atoms with Crippen LogP contribution in [0.5, 0.6) is 0 Å². The molecule has 0 bridgehead atoms. The number of sulfonamides is 1. The van der Waals surface area contributed by atoms with E-state index in [0.29, 0.717) is 11.1 Å². The third-order valence-corrected chi connectivity index (χ3v) is 5.95. The minimum absolute atomic E-state index is 0.0538. The Bertz CT molecular complexity index is 573. The molecule has 9 heteroatoms. The van der Waals surface area contributed by atoms with E-state index in [0.717, 1.165) is 4.31 Å². The molecule has 0 aromatic heterocycles. The number of nitrogens with two attached hydrogens (primary N) is 1. The summed E-state index contributed by atoms with van der Waals surface area (Å²) in [5.74, 6) is 0. The van der Waals surface area contributed by atoms with Crippen molar-refractivity contribution in [2.24, 2.45) is 5.73 Å². The van der Waals surface area contributed by atoms with Crippen LogP contribution < -0.4 is 5.73 Å². The average Bonchev–Trinajstić information content (AvgIpc) is 2.27. The summed E-state index contributed by atoms with van der Waals surface area (Å²) in [6.07, 6.45) is -0.741. The molecule has 2 N–H and O–H groups in total. The van der Waals surface area contributed by atoms with E-state index >= 15 is 0 Å². The average molecular weight is 390 g/mol. The van der Waals surface area contributed by atoms with Gasteiger partial charge >= 0.3 is 0 Å². The largest absolute Gasteiger partial charge is 0.377 e. The first-order chi connectivity index (χ1) is 8.84. The molecule has 1 unspecified atom stereocenters. The molecule has 1 aliphatic rings. The monoisotopic (exact) mass is 388 g/mol. The van der Waals surface area contributed by atoms with Crippen LogP contribution in [0, 0.1) is 0 Å². The number of benzene rings is 1. The molecular weight excluding hydrogens is 379 g/mol. The molecule has 0 spiro atoms. The second kappa shape index (κ2) is 5.85. The fraction of sp³-hybridized carbons (Fsp3) is 0.400. The van der Waals surface area contributed by atoms with E-state index in [2.05, 4.69) is 15.9 Å².